The van der Waals surface area contributed by atoms with Crippen LogP contribution in [-0.2, 0) is 22.4 Å². The number of aryl methyl sites for hydroxylation is 2. The molecule has 1 saturated heterocycles. The fraction of sp³-hybridized carbons (Fsp3) is 0.647. The molecule has 0 N–H and O–H groups in total. The maximum absolute atomic E-state index is 12.8. The molecule has 2 aromatic rings. The minimum absolute atomic E-state index is 0.104. The molecule has 0 aromatic carbocycles. The molecule has 136 valence electrons. The van der Waals surface area contributed by atoms with Crippen LogP contribution in [0.15, 0.2) is 10.0 Å². The Labute approximate surface area is 151 Å². The van der Waals surface area contributed by atoms with E-state index in [0.717, 1.165) is 37.9 Å². The molecule has 0 spiro atoms. The van der Waals surface area contributed by atoms with Crippen molar-refractivity contribution >= 4 is 17.2 Å². The van der Waals surface area contributed by atoms with Gasteiger partial charge in [0.2, 0.25) is 11.8 Å². The van der Waals surface area contributed by atoms with Gasteiger partial charge in [-0.3, -0.25) is 4.79 Å². The van der Waals surface area contributed by atoms with Crippen LogP contribution in [0.25, 0.3) is 0 Å². The molecule has 1 unspecified atom stereocenters. The van der Waals surface area contributed by atoms with Crippen molar-refractivity contribution < 1.29 is 14.1 Å². The highest BCUT2D eigenvalue weighted by molar-refractivity contribution is 7.09. The summed E-state index contributed by atoms with van der Waals surface area (Å²) < 4.78 is 10.5. The Hall–Kier alpha value is -1.80. The molecule has 0 radical (unpaired) electrons. The molecule has 1 amide bonds. The number of hydrogen-bond acceptors (Lipinski definition) is 7. The number of aromatic nitrogens is 3. The SMILES string of the molecule is COCCc1noc(C2CCCCN2C(=O)CCc2scnc2C)n1. The Morgan fingerprint density at radius 1 is 1.44 bits per heavy atom. The first-order chi connectivity index (χ1) is 12.2. The van der Waals surface area contributed by atoms with Crippen molar-refractivity contribution in [2.24, 2.45) is 0 Å². The van der Waals surface area contributed by atoms with E-state index in [0.29, 0.717) is 31.2 Å². The molecule has 0 saturated carbocycles. The van der Waals surface area contributed by atoms with Gasteiger partial charge in [0.15, 0.2) is 5.82 Å². The van der Waals surface area contributed by atoms with Crippen LogP contribution in [0, 0.1) is 6.92 Å². The second-order valence-corrected chi connectivity index (χ2v) is 7.19. The summed E-state index contributed by atoms with van der Waals surface area (Å²) in [4.78, 5) is 24.6. The normalized spacial score (nSPS) is 17.8. The fourth-order valence-corrected chi connectivity index (χ4v) is 3.90. The summed E-state index contributed by atoms with van der Waals surface area (Å²) in [6.07, 6.45) is 4.80. The number of rotatable bonds is 7. The quantitative estimate of drug-likeness (QED) is 0.751. The summed E-state index contributed by atoms with van der Waals surface area (Å²) in [7, 11) is 1.65. The summed E-state index contributed by atoms with van der Waals surface area (Å²) in [6, 6.07) is -0.104. The third-order valence-corrected chi connectivity index (χ3v) is 5.53. The van der Waals surface area contributed by atoms with Gasteiger partial charge in [0, 0.05) is 31.4 Å². The molecule has 0 aliphatic carbocycles. The number of carbonyl (C=O) groups excluding carboxylic acids is 1. The van der Waals surface area contributed by atoms with Crippen molar-refractivity contribution in [3.05, 3.63) is 27.8 Å². The second kappa shape index (κ2) is 8.53. The first kappa shape index (κ1) is 18.0. The second-order valence-electron chi connectivity index (χ2n) is 6.25. The van der Waals surface area contributed by atoms with Crippen LogP contribution in [0.2, 0.25) is 0 Å². The molecule has 2 aromatic heterocycles. The Morgan fingerprint density at radius 3 is 3.08 bits per heavy atom. The Morgan fingerprint density at radius 2 is 2.32 bits per heavy atom. The van der Waals surface area contributed by atoms with Gasteiger partial charge in [-0.05, 0) is 32.6 Å². The number of likely N-dealkylation sites (tertiary alicyclic amines) is 1. The highest BCUT2D eigenvalue weighted by atomic mass is 32.1. The van der Waals surface area contributed by atoms with Crippen LogP contribution in [0.4, 0.5) is 0 Å². The average molecular weight is 364 g/mol. The smallest absolute Gasteiger partial charge is 0.249 e. The summed E-state index contributed by atoms with van der Waals surface area (Å²) in [6.45, 7) is 3.29. The van der Waals surface area contributed by atoms with E-state index in [2.05, 4.69) is 15.1 Å². The predicted molar refractivity (Wildman–Crippen MR) is 93.4 cm³/mol. The van der Waals surface area contributed by atoms with Gasteiger partial charge in [-0.15, -0.1) is 11.3 Å². The van der Waals surface area contributed by atoms with E-state index in [-0.39, 0.29) is 11.9 Å². The van der Waals surface area contributed by atoms with Gasteiger partial charge in [-0.2, -0.15) is 4.98 Å². The third kappa shape index (κ3) is 4.43. The molecule has 1 atom stereocenters. The number of hydrogen-bond donors (Lipinski definition) is 0. The van der Waals surface area contributed by atoms with E-state index in [1.54, 1.807) is 18.4 Å². The van der Waals surface area contributed by atoms with Gasteiger partial charge in [0.1, 0.15) is 6.04 Å². The lowest BCUT2D eigenvalue weighted by Gasteiger charge is -2.33. The van der Waals surface area contributed by atoms with E-state index >= 15 is 0 Å². The fourth-order valence-electron chi connectivity index (χ4n) is 3.11. The van der Waals surface area contributed by atoms with Gasteiger partial charge in [0.05, 0.1) is 17.8 Å². The number of ether oxygens (including phenoxy) is 1. The summed E-state index contributed by atoms with van der Waals surface area (Å²) in [5.41, 5.74) is 2.85. The maximum Gasteiger partial charge on any atom is 0.249 e. The maximum atomic E-state index is 12.8. The molecule has 1 aliphatic heterocycles. The van der Waals surface area contributed by atoms with Crippen molar-refractivity contribution in [3.8, 4) is 0 Å². The number of nitrogens with zero attached hydrogens (tertiary/aromatic N) is 4. The molecule has 8 heteroatoms. The van der Waals surface area contributed by atoms with Gasteiger partial charge in [-0.1, -0.05) is 5.16 Å². The van der Waals surface area contributed by atoms with Crippen LogP contribution in [0.3, 0.4) is 0 Å². The topological polar surface area (TPSA) is 81.4 Å². The average Bonchev–Trinajstić information content (AvgIpc) is 3.27. The summed E-state index contributed by atoms with van der Waals surface area (Å²) in [5, 5.41) is 4.01. The Kier molecular flexibility index (Phi) is 6.14. The zero-order chi connectivity index (χ0) is 17.6. The van der Waals surface area contributed by atoms with E-state index in [9.17, 15) is 4.79 Å². The molecular weight excluding hydrogens is 340 g/mol. The zero-order valence-electron chi connectivity index (χ0n) is 14.7. The van der Waals surface area contributed by atoms with E-state index in [4.69, 9.17) is 9.26 Å². The minimum Gasteiger partial charge on any atom is -0.384 e. The Bertz CT molecular complexity index is 700. The highest BCUT2D eigenvalue weighted by Crippen LogP contribution is 2.31. The van der Waals surface area contributed by atoms with Crippen molar-refractivity contribution in [3.63, 3.8) is 0 Å². The van der Waals surface area contributed by atoms with Crippen LogP contribution >= 0.6 is 11.3 Å². The van der Waals surface area contributed by atoms with Gasteiger partial charge in [-0.25, -0.2) is 4.98 Å². The zero-order valence-corrected chi connectivity index (χ0v) is 15.5. The molecule has 1 aliphatic rings. The lowest BCUT2D eigenvalue weighted by atomic mass is 10.0. The van der Waals surface area contributed by atoms with Crippen molar-refractivity contribution in [2.45, 2.75) is 51.5 Å². The van der Waals surface area contributed by atoms with Gasteiger partial charge in [0.25, 0.3) is 0 Å². The first-order valence-corrected chi connectivity index (χ1v) is 9.57. The van der Waals surface area contributed by atoms with Crippen molar-refractivity contribution in [1.29, 1.82) is 0 Å². The van der Waals surface area contributed by atoms with E-state index in [1.807, 2.05) is 17.3 Å². The highest BCUT2D eigenvalue weighted by Gasteiger charge is 2.31. The number of carbonyl (C=O) groups is 1. The van der Waals surface area contributed by atoms with Crippen LogP contribution in [0.5, 0.6) is 0 Å². The van der Waals surface area contributed by atoms with Crippen molar-refractivity contribution in [1.82, 2.24) is 20.0 Å². The molecule has 7 nitrogen and oxygen atoms in total. The van der Waals surface area contributed by atoms with Crippen LogP contribution < -0.4 is 0 Å². The number of methoxy groups -OCH3 is 1. The van der Waals surface area contributed by atoms with Gasteiger partial charge < -0.3 is 14.2 Å². The molecule has 3 rings (SSSR count). The third-order valence-electron chi connectivity index (χ3n) is 4.53. The minimum atomic E-state index is -0.104. The monoisotopic (exact) mass is 364 g/mol. The number of thiazole rings is 1. The van der Waals surface area contributed by atoms with Gasteiger partial charge >= 0.3 is 0 Å². The molecular formula is C17H24N4O3S. The van der Waals surface area contributed by atoms with Crippen molar-refractivity contribution in [2.75, 3.05) is 20.3 Å². The lowest BCUT2D eigenvalue weighted by molar-refractivity contribution is -0.135. The summed E-state index contributed by atoms with van der Waals surface area (Å²) >= 11 is 1.61. The summed E-state index contributed by atoms with van der Waals surface area (Å²) in [5.74, 6) is 1.33. The lowest BCUT2D eigenvalue weighted by Crippen LogP contribution is -2.38. The molecule has 25 heavy (non-hydrogen) atoms. The van der Waals surface area contributed by atoms with E-state index in [1.165, 1.54) is 4.88 Å². The number of piperidine rings is 1. The van der Waals surface area contributed by atoms with E-state index < -0.39 is 0 Å². The molecule has 3 heterocycles. The van der Waals surface area contributed by atoms with Crippen LogP contribution in [0.1, 0.15) is 54.0 Å². The molecule has 1 fully saturated rings. The predicted octanol–water partition coefficient (Wildman–Crippen LogP) is 2.71. The number of amides is 1. The largest absolute Gasteiger partial charge is 0.384 e. The molecule has 0 bridgehead atoms. The standard InChI is InChI=1S/C17H24N4O3S/c1-12-14(25-11-18-12)6-7-16(22)21-9-4-3-5-13(21)17-19-15(20-24-17)8-10-23-2/h11,13H,3-10H2,1-2H3. The Balaban J connectivity index is 1.64. The van der Waals surface area contributed by atoms with Crippen LogP contribution in [-0.4, -0.2) is 46.2 Å². The first-order valence-electron chi connectivity index (χ1n) is 8.69.